The van der Waals surface area contributed by atoms with E-state index in [0.29, 0.717) is 17.9 Å². The Morgan fingerprint density at radius 3 is 2.62 bits per heavy atom. The number of piperazine rings is 1. The summed E-state index contributed by atoms with van der Waals surface area (Å²) in [5.41, 5.74) is 1.40. The van der Waals surface area contributed by atoms with Crippen LogP contribution in [0.2, 0.25) is 0 Å². The fourth-order valence-corrected chi connectivity index (χ4v) is 3.54. The van der Waals surface area contributed by atoms with Gasteiger partial charge in [-0.05, 0) is 32.2 Å². The summed E-state index contributed by atoms with van der Waals surface area (Å²) in [5.74, 6) is 1.49. The molecule has 3 heterocycles. The van der Waals surface area contributed by atoms with E-state index in [-0.39, 0.29) is 12.4 Å². The third kappa shape index (κ3) is 4.71. The second kappa shape index (κ2) is 8.32. The quantitative estimate of drug-likeness (QED) is 0.868. The Hall–Kier alpha value is -1.11. The van der Waals surface area contributed by atoms with Crippen molar-refractivity contribution in [2.45, 2.75) is 27.2 Å². The van der Waals surface area contributed by atoms with Crippen LogP contribution in [-0.4, -0.2) is 67.3 Å². The molecule has 3 rings (SSSR count). The summed E-state index contributed by atoms with van der Waals surface area (Å²) in [7, 11) is 0. The zero-order chi connectivity index (χ0) is 16.3. The van der Waals surface area contributed by atoms with Crippen LogP contribution in [-0.2, 0) is 0 Å². The number of nitrogens with one attached hydrogen (secondary N) is 1. The van der Waals surface area contributed by atoms with Crippen molar-refractivity contribution < 1.29 is 4.74 Å². The van der Waals surface area contributed by atoms with Crippen LogP contribution < -0.4 is 15.0 Å². The first kappa shape index (κ1) is 19.2. The van der Waals surface area contributed by atoms with E-state index in [1.54, 1.807) is 0 Å². The maximum absolute atomic E-state index is 5.55. The molecule has 0 aliphatic carbocycles. The number of halogens is 1. The molecule has 0 radical (unpaired) electrons. The Labute approximate surface area is 151 Å². The molecule has 7 heteroatoms. The largest absolute Gasteiger partial charge is 0.478 e. The predicted octanol–water partition coefficient (Wildman–Crippen LogP) is 1.73. The zero-order valence-electron chi connectivity index (χ0n) is 15.0. The normalized spacial score (nSPS) is 24.7. The summed E-state index contributed by atoms with van der Waals surface area (Å²) in [5, 5.41) is 3.49. The SMILES string of the molecule is CCOc1cc(C)nc(N2CCN(CC3(C)CCNC3)CC2)n1.Cl. The monoisotopic (exact) mass is 355 g/mol. The van der Waals surface area contributed by atoms with Crippen molar-refractivity contribution in [2.24, 2.45) is 5.41 Å². The molecule has 0 saturated carbocycles. The smallest absolute Gasteiger partial charge is 0.228 e. The van der Waals surface area contributed by atoms with Gasteiger partial charge in [0.25, 0.3) is 0 Å². The number of ether oxygens (including phenoxy) is 1. The lowest BCUT2D eigenvalue weighted by atomic mass is 9.89. The van der Waals surface area contributed by atoms with E-state index in [2.05, 4.69) is 32.0 Å². The molecule has 2 fully saturated rings. The van der Waals surface area contributed by atoms with Gasteiger partial charge in [-0.3, -0.25) is 4.90 Å². The van der Waals surface area contributed by atoms with Gasteiger partial charge in [-0.2, -0.15) is 4.98 Å². The van der Waals surface area contributed by atoms with Gasteiger partial charge >= 0.3 is 0 Å². The van der Waals surface area contributed by atoms with E-state index in [9.17, 15) is 0 Å². The maximum Gasteiger partial charge on any atom is 0.228 e. The highest BCUT2D eigenvalue weighted by Gasteiger charge is 2.32. The first-order valence-corrected chi connectivity index (χ1v) is 8.74. The lowest BCUT2D eigenvalue weighted by molar-refractivity contribution is 0.169. The van der Waals surface area contributed by atoms with Gasteiger partial charge in [-0.1, -0.05) is 6.92 Å². The standard InChI is InChI=1S/C17H29N5O.ClH/c1-4-23-15-11-14(2)19-16(20-15)22-9-7-21(8-10-22)13-17(3)5-6-18-12-17;/h11,18H,4-10,12-13H2,1-3H3;1H. The number of anilines is 1. The highest BCUT2D eigenvalue weighted by Crippen LogP contribution is 2.26. The Bertz CT molecular complexity index is 528. The summed E-state index contributed by atoms with van der Waals surface area (Å²) in [4.78, 5) is 14.0. The van der Waals surface area contributed by atoms with Gasteiger partial charge in [-0.25, -0.2) is 4.98 Å². The van der Waals surface area contributed by atoms with Crippen molar-refractivity contribution in [3.8, 4) is 5.88 Å². The molecule has 24 heavy (non-hydrogen) atoms. The average Bonchev–Trinajstić information content (AvgIpc) is 2.94. The first-order chi connectivity index (χ1) is 11.1. The number of nitrogens with zero attached hydrogens (tertiary/aromatic N) is 4. The van der Waals surface area contributed by atoms with Crippen molar-refractivity contribution in [1.29, 1.82) is 0 Å². The predicted molar refractivity (Wildman–Crippen MR) is 99.4 cm³/mol. The Morgan fingerprint density at radius 2 is 2.00 bits per heavy atom. The summed E-state index contributed by atoms with van der Waals surface area (Å²) < 4.78 is 5.55. The van der Waals surface area contributed by atoms with Crippen LogP contribution in [0.3, 0.4) is 0 Å². The molecule has 2 aliphatic heterocycles. The maximum atomic E-state index is 5.55. The fourth-order valence-electron chi connectivity index (χ4n) is 3.54. The molecule has 2 aliphatic rings. The van der Waals surface area contributed by atoms with Crippen LogP contribution in [0, 0.1) is 12.3 Å². The van der Waals surface area contributed by atoms with Crippen LogP contribution in [0.25, 0.3) is 0 Å². The topological polar surface area (TPSA) is 53.5 Å². The fraction of sp³-hybridized carbons (Fsp3) is 0.765. The molecule has 0 amide bonds. The average molecular weight is 356 g/mol. The van der Waals surface area contributed by atoms with Crippen molar-refractivity contribution >= 4 is 18.4 Å². The minimum atomic E-state index is 0. The van der Waals surface area contributed by atoms with Gasteiger partial charge in [0.1, 0.15) is 0 Å². The first-order valence-electron chi connectivity index (χ1n) is 8.74. The molecule has 0 bridgehead atoms. The Morgan fingerprint density at radius 1 is 1.25 bits per heavy atom. The van der Waals surface area contributed by atoms with Gasteiger partial charge < -0.3 is 15.0 Å². The van der Waals surface area contributed by atoms with Crippen molar-refractivity contribution in [3.63, 3.8) is 0 Å². The minimum Gasteiger partial charge on any atom is -0.478 e. The third-order valence-electron chi connectivity index (χ3n) is 4.83. The molecule has 1 aromatic rings. The van der Waals surface area contributed by atoms with E-state index >= 15 is 0 Å². The van der Waals surface area contributed by atoms with Crippen LogP contribution in [0.5, 0.6) is 5.88 Å². The molecule has 0 aromatic carbocycles. The van der Waals surface area contributed by atoms with E-state index in [1.807, 2.05) is 19.9 Å². The minimum absolute atomic E-state index is 0. The number of hydrogen-bond donors (Lipinski definition) is 1. The molecule has 2 saturated heterocycles. The van der Waals surface area contributed by atoms with Gasteiger partial charge in [0, 0.05) is 51.0 Å². The number of aromatic nitrogens is 2. The number of rotatable bonds is 5. The van der Waals surface area contributed by atoms with Gasteiger partial charge in [-0.15, -0.1) is 12.4 Å². The van der Waals surface area contributed by atoms with Crippen molar-refractivity contribution in [2.75, 3.05) is 57.3 Å². The van der Waals surface area contributed by atoms with Gasteiger partial charge in [0.15, 0.2) is 0 Å². The molecular weight excluding hydrogens is 326 g/mol. The lowest BCUT2D eigenvalue weighted by Crippen LogP contribution is -2.50. The zero-order valence-corrected chi connectivity index (χ0v) is 15.9. The number of hydrogen-bond acceptors (Lipinski definition) is 6. The lowest BCUT2D eigenvalue weighted by Gasteiger charge is -2.38. The van der Waals surface area contributed by atoms with E-state index in [1.165, 1.54) is 13.0 Å². The third-order valence-corrected chi connectivity index (χ3v) is 4.83. The molecule has 1 atom stereocenters. The molecular formula is C17H30ClN5O. The molecule has 1 N–H and O–H groups in total. The summed E-state index contributed by atoms with van der Waals surface area (Å²) in [6.07, 6.45) is 1.28. The molecule has 1 unspecified atom stereocenters. The van der Waals surface area contributed by atoms with E-state index in [4.69, 9.17) is 4.74 Å². The second-order valence-electron chi connectivity index (χ2n) is 7.08. The Kier molecular flexibility index (Phi) is 6.66. The van der Waals surface area contributed by atoms with Crippen molar-refractivity contribution in [1.82, 2.24) is 20.2 Å². The van der Waals surface area contributed by atoms with Crippen LogP contribution in [0.15, 0.2) is 6.07 Å². The summed E-state index contributed by atoms with van der Waals surface area (Å²) in [6.45, 7) is 14.6. The van der Waals surface area contributed by atoms with E-state index in [0.717, 1.165) is 50.9 Å². The molecule has 6 nitrogen and oxygen atoms in total. The summed E-state index contributed by atoms with van der Waals surface area (Å²) >= 11 is 0. The highest BCUT2D eigenvalue weighted by molar-refractivity contribution is 5.85. The molecule has 1 aromatic heterocycles. The van der Waals surface area contributed by atoms with Crippen molar-refractivity contribution in [3.05, 3.63) is 11.8 Å². The van der Waals surface area contributed by atoms with Gasteiger partial charge in [0.05, 0.1) is 6.61 Å². The van der Waals surface area contributed by atoms with E-state index < -0.39 is 0 Å². The summed E-state index contributed by atoms with van der Waals surface area (Å²) in [6, 6.07) is 1.90. The molecule has 136 valence electrons. The second-order valence-corrected chi connectivity index (χ2v) is 7.08. The highest BCUT2D eigenvalue weighted by atomic mass is 35.5. The number of aryl methyl sites for hydroxylation is 1. The van der Waals surface area contributed by atoms with Crippen LogP contribution >= 0.6 is 12.4 Å². The Balaban J connectivity index is 0.00000208. The van der Waals surface area contributed by atoms with Crippen LogP contribution in [0.4, 0.5) is 5.95 Å². The van der Waals surface area contributed by atoms with Crippen LogP contribution in [0.1, 0.15) is 26.0 Å². The van der Waals surface area contributed by atoms with Gasteiger partial charge in [0.2, 0.25) is 11.8 Å². The molecule has 0 spiro atoms.